The van der Waals surface area contributed by atoms with Crippen LogP contribution >= 0.6 is 0 Å². The first kappa shape index (κ1) is 18.9. The molecule has 2 heterocycles. The average molecular weight is 362 g/mol. The molecule has 1 aromatic carbocycles. The molecule has 3 rings (SSSR count). The van der Waals surface area contributed by atoms with Crippen molar-refractivity contribution in [2.45, 2.75) is 13.8 Å². The second-order valence-electron chi connectivity index (χ2n) is 7.07. The second-order valence-corrected chi connectivity index (χ2v) is 7.07. The Morgan fingerprint density at radius 3 is 2.59 bits per heavy atom. The van der Waals surface area contributed by atoms with Gasteiger partial charge in [0.2, 0.25) is 5.91 Å². The summed E-state index contributed by atoms with van der Waals surface area (Å²) < 4.78 is 2.02. The van der Waals surface area contributed by atoms with Crippen molar-refractivity contribution < 1.29 is 4.79 Å². The number of carbonyl (C=O) groups excluding carboxylic acids is 1. The van der Waals surface area contributed by atoms with Crippen LogP contribution in [0.25, 0.3) is 23.0 Å². The lowest BCUT2D eigenvalue weighted by atomic mass is 10.1. The molecule has 0 fully saturated rings. The maximum absolute atomic E-state index is 12.2. The van der Waals surface area contributed by atoms with Crippen molar-refractivity contribution in [1.82, 2.24) is 19.6 Å². The van der Waals surface area contributed by atoms with Gasteiger partial charge in [0.15, 0.2) is 0 Å². The van der Waals surface area contributed by atoms with Gasteiger partial charge in [-0.25, -0.2) is 4.98 Å². The molecule has 1 amide bonds. The first-order chi connectivity index (χ1) is 12.9. The van der Waals surface area contributed by atoms with Crippen LogP contribution in [0.3, 0.4) is 0 Å². The molecule has 0 atom stereocenters. The van der Waals surface area contributed by atoms with Crippen LogP contribution < -0.4 is 5.32 Å². The third kappa shape index (κ3) is 4.63. The lowest BCUT2D eigenvalue weighted by Crippen LogP contribution is -2.30. The molecule has 5 heteroatoms. The van der Waals surface area contributed by atoms with Gasteiger partial charge in [-0.05, 0) is 51.7 Å². The normalized spacial score (nSPS) is 11.6. The molecule has 2 aromatic heterocycles. The van der Waals surface area contributed by atoms with E-state index in [0.29, 0.717) is 6.54 Å². The van der Waals surface area contributed by atoms with Gasteiger partial charge >= 0.3 is 0 Å². The fourth-order valence-electron chi connectivity index (χ4n) is 2.86. The molecule has 0 saturated heterocycles. The van der Waals surface area contributed by atoms with Crippen molar-refractivity contribution >= 4 is 17.6 Å². The van der Waals surface area contributed by atoms with Crippen LogP contribution in [0, 0.1) is 13.8 Å². The van der Waals surface area contributed by atoms with Crippen LogP contribution in [0.1, 0.15) is 16.8 Å². The molecule has 3 aromatic rings. The Kier molecular flexibility index (Phi) is 5.72. The molecule has 0 spiro atoms. The molecule has 0 aliphatic rings. The quantitative estimate of drug-likeness (QED) is 0.685. The van der Waals surface area contributed by atoms with Gasteiger partial charge in [-0.2, -0.15) is 0 Å². The zero-order chi connectivity index (χ0) is 19.4. The van der Waals surface area contributed by atoms with Gasteiger partial charge < -0.3 is 10.2 Å². The Morgan fingerprint density at radius 1 is 1.15 bits per heavy atom. The summed E-state index contributed by atoms with van der Waals surface area (Å²) in [5.41, 5.74) is 6.04. The number of rotatable bonds is 6. The summed E-state index contributed by atoms with van der Waals surface area (Å²) in [6.07, 6.45) is 5.42. The van der Waals surface area contributed by atoms with Crippen molar-refractivity contribution in [3.05, 3.63) is 65.5 Å². The summed E-state index contributed by atoms with van der Waals surface area (Å²) in [6.45, 7) is 5.54. The number of pyridine rings is 1. The summed E-state index contributed by atoms with van der Waals surface area (Å²) in [7, 11) is 3.96. The number of imidazole rings is 1. The van der Waals surface area contributed by atoms with Crippen molar-refractivity contribution in [2.24, 2.45) is 0 Å². The summed E-state index contributed by atoms with van der Waals surface area (Å²) in [4.78, 5) is 19.0. The minimum atomic E-state index is -0.103. The monoisotopic (exact) mass is 362 g/mol. The number of nitrogens with zero attached hydrogens (tertiary/aromatic N) is 3. The lowest BCUT2D eigenvalue weighted by Gasteiger charge is -2.08. The number of amides is 1. The minimum absolute atomic E-state index is 0.103. The molecule has 5 nitrogen and oxygen atoms in total. The van der Waals surface area contributed by atoms with Crippen LogP contribution in [0.15, 0.2) is 48.7 Å². The van der Waals surface area contributed by atoms with Crippen LogP contribution in [-0.4, -0.2) is 47.4 Å². The van der Waals surface area contributed by atoms with Crippen LogP contribution in [0.4, 0.5) is 0 Å². The van der Waals surface area contributed by atoms with Crippen molar-refractivity contribution in [3.8, 4) is 11.3 Å². The fraction of sp³-hybridized carbons (Fsp3) is 0.273. The van der Waals surface area contributed by atoms with E-state index in [4.69, 9.17) is 4.98 Å². The summed E-state index contributed by atoms with van der Waals surface area (Å²) >= 11 is 0. The standard InChI is InChI=1S/C22H26N4O/c1-16-5-7-18(8-6-16)22-19(9-10-21(27)23-12-14-25(3)4)26-13-11-17(2)15-20(26)24-22/h5-11,13,15H,12,14H2,1-4H3,(H,23,27)/b10-9+. The van der Waals surface area contributed by atoms with Gasteiger partial charge in [0.25, 0.3) is 0 Å². The number of nitrogens with one attached hydrogen (secondary N) is 1. The number of likely N-dealkylation sites (N-methyl/N-ethyl adjacent to an activating group) is 1. The number of benzene rings is 1. The summed E-state index contributed by atoms with van der Waals surface area (Å²) in [5.74, 6) is -0.103. The average Bonchev–Trinajstić information content (AvgIpc) is 2.97. The number of aryl methyl sites for hydroxylation is 2. The van der Waals surface area contributed by atoms with E-state index >= 15 is 0 Å². The van der Waals surface area contributed by atoms with Crippen molar-refractivity contribution in [3.63, 3.8) is 0 Å². The van der Waals surface area contributed by atoms with Crippen molar-refractivity contribution in [2.75, 3.05) is 27.2 Å². The SMILES string of the molecule is Cc1ccc(-c2nc3cc(C)ccn3c2/C=C/C(=O)NCCN(C)C)cc1. The van der Waals surface area contributed by atoms with E-state index < -0.39 is 0 Å². The van der Waals surface area contributed by atoms with Gasteiger partial charge in [-0.15, -0.1) is 0 Å². The molecule has 0 radical (unpaired) electrons. The molecular formula is C22H26N4O. The molecule has 1 N–H and O–H groups in total. The van der Waals surface area contributed by atoms with Crippen molar-refractivity contribution in [1.29, 1.82) is 0 Å². The lowest BCUT2D eigenvalue weighted by molar-refractivity contribution is -0.116. The zero-order valence-electron chi connectivity index (χ0n) is 16.4. The van der Waals surface area contributed by atoms with Gasteiger partial charge in [-0.3, -0.25) is 9.20 Å². The Bertz CT molecular complexity index is 968. The number of hydrogen-bond acceptors (Lipinski definition) is 3. The molecule has 140 valence electrons. The molecule has 0 bridgehead atoms. The predicted molar refractivity (Wildman–Crippen MR) is 111 cm³/mol. The number of carbonyl (C=O) groups is 1. The highest BCUT2D eigenvalue weighted by molar-refractivity contribution is 5.92. The van der Waals surface area contributed by atoms with Gasteiger partial charge in [0, 0.05) is 30.9 Å². The Morgan fingerprint density at radius 2 is 1.89 bits per heavy atom. The minimum Gasteiger partial charge on any atom is -0.351 e. The van der Waals surface area contributed by atoms with E-state index in [1.807, 2.05) is 54.7 Å². The van der Waals surface area contributed by atoms with Gasteiger partial charge in [0.05, 0.1) is 11.4 Å². The van der Waals surface area contributed by atoms with Gasteiger partial charge in [0.1, 0.15) is 5.65 Å². The van der Waals surface area contributed by atoms with E-state index in [2.05, 4.69) is 36.5 Å². The van der Waals surface area contributed by atoms with E-state index in [1.165, 1.54) is 5.56 Å². The van der Waals surface area contributed by atoms with E-state index in [1.54, 1.807) is 6.08 Å². The number of fused-ring (bicyclic) bond motifs is 1. The zero-order valence-corrected chi connectivity index (χ0v) is 16.4. The highest BCUT2D eigenvalue weighted by atomic mass is 16.1. The third-order valence-electron chi connectivity index (χ3n) is 4.39. The Hall–Kier alpha value is -2.92. The fourth-order valence-corrected chi connectivity index (χ4v) is 2.86. The largest absolute Gasteiger partial charge is 0.351 e. The Balaban J connectivity index is 1.94. The smallest absolute Gasteiger partial charge is 0.244 e. The topological polar surface area (TPSA) is 49.6 Å². The van der Waals surface area contributed by atoms with Crippen LogP contribution in [0.2, 0.25) is 0 Å². The van der Waals surface area contributed by atoms with E-state index in [9.17, 15) is 4.79 Å². The second kappa shape index (κ2) is 8.18. The van der Waals surface area contributed by atoms with E-state index in [0.717, 1.165) is 34.7 Å². The number of aromatic nitrogens is 2. The van der Waals surface area contributed by atoms with Gasteiger partial charge in [-0.1, -0.05) is 29.8 Å². The third-order valence-corrected chi connectivity index (χ3v) is 4.39. The molecule has 27 heavy (non-hydrogen) atoms. The highest BCUT2D eigenvalue weighted by Gasteiger charge is 2.12. The first-order valence-corrected chi connectivity index (χ1v) is 9.10. The molecule has 0 aliphatic heterocycles. The van der Waals surface area contributed by atoms with Crippen LogP contribution in [0.5, 0.6) is 0 Å². The Labute approximate surface area is 160 Å². The summed E-state index contributed by atoms with van der Waals surface area (Å²) in [5, 5.41) is 2.90. The first-order valence-electron chi connectivity index (χ1n) is 9.10. The maximum atomic E-state index is 12.2. The molecule has 0 unspecified atom stereocenters. The highest BCUT2D eigenvalue weighted by Crippen LogP contribution is 2.26. The molecule has 0 saturated carbocycles. The summed E-state index contributed by atoms with van der Waals surface area (Å²) in [6, 6.07) is 12.4. The maximum Gasteiger partial charge on any atom is 0.244 e. The van der Waals surface area contributed by atoms with Crippen LogP contribution in [-0.2, 0) is 4.79 Å². The molecular weight excluding hydrogens is 336 g/mol. The molecule has 0 aliphatic carbocycles. The number of hydrogen-bond donors (Lipinski definition) is 1. The predicted octanol–water partition coefficient (Wildman–Crippen LogP) is 3.31. The van der Waals surface area contributed by atoms with E-state index in [-0.39, 0.29) is 5.91 Å².